The van der Waals surface area contributed by atoms with Crippen LogP contribution in [0.3, 0.4) is 0 Å². The van der Waals surface area contributed by atoms with Crippen LogP contribution < -0.4 is 5.32 Å². The molecule has 1 nitrogen and oxygen atoms in total. The lowest BCUT2D eigenvalue weighted by atomic mass is 9.74. The quantitative estimate of drug-likeness (QED) is 0.747. The van der Waals surface area contributed by atoms with Crippen LogP contribution in [-0.4, -0.2) is 6.04 Å². The van der Waals surface area contributed by atoms with Gasteiger partial charge in [0, 0.05) is 17.0 Å². The highest BCUT2D eigenvalue weighted by Crippen LogP contribution is 2.35. The van der Waals surface area contributed by atoms with Crippen molar-refractivity contribution >= 4 is 27.3 Å². The molecule has 108 valence electrons. The summed E-state index contributed by atoms with van der Waals surface area (Å²) in [5.41, 5.74) is 0. The van der Waals surface area contributed by atoms with Crippen LogP contribution in [0.15, 0.2) is 15.9 Å². The van der Waals surface area contributed by atoms with Crippen molar-refractivity contribution in [1.82, 2.24) is 5.32 Å². The normalized spacial score (nSPS) is 29.7. The Morgan fingerprint density at radius 1 is 1.26 bits per heavy atom. The van der Waals surface area contributed by atoms with Crippen molar-refractivity contribution in [1.29, 1.82) is 0 Å². The maximum atomic E-state index is 3.90. The molecular weight excluding hydrogens is 318 g/mol. The van der Waals surface area contributed by atoms with Crippen LogP contribution in [0.1, 0.15) is 57.9 Å². The largest absolute Gasteiger partial charge is 0.306 e. The highest BCUT2D eigenvalue weighted by atomic mass is 79.9. The number of nitrogens with one attached hydrogen (secondary N) is 1. The number of thiophene rings is 1. The van der Waals surface area contributed by atoms with Crippen molar-refractivity contribution in [3.8, 4) is 0 Å². The molecule has 1 aromatic heterocycles. The lowest BCUT2D eigenvalue weighted by molar-refractivity contribution is 0.161. The lowest BCUT2D eigenvalue weighted by Gasteiger charge is -2.39. The predicted octanol–water partition coefficient (Wildman–Crippen LogP) is 5.62. The van der Waals surface area contributed by atoms with Crippen molar-refractivity contribution in [3.63, 3.8) is 0 Å². The van der Waals surface area contributed by atoms with Gasteiger partial charge in [-0.15, -0.1) is 11.3 Å². The average Bonchev–Trinajstić information content (AvgIpc) is 2.75. The molecule has 1 aliphatic carbocycles. The molecule has 1 N–H and O–H groups in total. The fourth-order valence-electron chi connectivity index (χ4n) is 3.36. The smallest absolute Gasteiger partial charge is 0.0701 e. The second kappa shape index (κ2) is 6.73. The zero-order chi connectivity index (χ0) is 14.0. The first-order valence-corrected chi connectivity index (χ1v) is 9.09. The van der Waals surface area contributed by atoms with E-state index in [2.05, 4.69) is 61.1 Å². The Morgan fingerprint density at radius 2 is 2.00 bits per heavy atom. The van der Waals surface area contributed by atoms with Crippen molar-refractivity contribution < 1.29 is 0 Å². The average molecular weight is 344 g/mol. The number of hydrogen-bond acceptors (Lipinski definition) is 2. The zero-order valence-electron chi connectivity index (χ0n) is 12.4. The standard InChI is InChI=1S/C16H26BrNS/c1-10(2)13-6-5-11(3)9-14(13)18-12(4)15-7-8-16(17)19-15/h7-8,10-14,18H,5-6,9H2,1-4H3. The topological polar surface area (TPSA) is 12.0 Å². The number of rotatable bonds is 4. The van der Waals surface area contributed by atoms with Crippen LogP contribution in [0.5, 0.6) is 0 Å². The molecule has 19 heavy (non-hydrogen) atoms. The first-order chi connectivity index (χ1) is 8.97. The van der Waals surface area contributed by atoms with E-state index < -0.39 is 0 Å². The molecule has 0 radical (unpaired) electrons. The fourth-order valence-corrected chi connectivity index (χ4v) is 4.79. The Kier molecular flexibility index (Phi) is 5.50. The van der Waals surface area contributed by atoms with Gasteiger partial charge in [0.25, 0.3) is 0 Å². The van der Waals surface area contributed by atoms with Gasteiger partial charge in [-0.25, -0.2) is 0 Å². The van der Waals surface area contributed by atoms with Gasteiger partial charge in [-0.3, -0.25) is 0 Å². The predicted molar refractivity (Wildman–Crippen MR) is 88.7 cm³/mol. The van der Waals surface area contributed by atoms with Crippen LogP contribution in [-0.2, 0) is 0 Å². The van der Waals surface area contributed by atoms with E-state index in [1.54, 1.807) is 0 Å². The van der Waals surface area contributed by atoms with E-state index in [0.29, 0.717) is 12.1 Å². The highest BCUT2D eigenvalue weighted by molar-refractivity contribution is 9.11. The molecule has 2 rings (SSSR count). The molecule has 0 saturated heterocycles. The Morgan fingerprint density at radius 3 is 2.58 bits per heavy atom. The minimum Gasteiger partial charge on any atom is -0.306 e. The summed E-state index contributed by atoms with van der Waals surface area (Å²) in [5, 5.41) is 3.90. The van der Waals surface area contributed by atoms with Gasteiger partial charge >= 0.3 is 0 Å². The van der Waals surface area contributed by atoms with Gasteiger partial charge in [0.1, 0.15) is 0 Å². The van der Waals surface area contributed by atoms with Crippen LogP contribution in [0, 0.1) is 17.8 Å². The molecule has 0 aromatic carbocycles. The molecule has 4 unspecified atom stereocenters. The molecule has 0 aliphatic heterocycles. The third-order valence-corrected chi connectivity index (χ3v) is 6.31. The first kappa shape index (κ1) is 15.5. The van der Waals surface area contributed by atoms with Gasteiger partial charge in [-0.2, -0.15) is 0 Å². The molecule has 1 saturated carbocycles. The molecule has 0 amide bonds. The molecular formula is C16H26BrNS. The van der Waals surface area contributed by atoms with E-state index in [9.17, 15) is 0 Å². The minimum atomic E-state index is 0.466. The summed E-state index contributed by atoms with van der Waals surface area (Å²) in [6.45, 7) is 9.45. The van der Waals surface area contributed by atoms with Crippen molar-refractivity contribution in [2.24, 2.45) is 17.8 Å². The maximum absolute atomic E-state index is 3.90. The SMILES string of the molecule is CC1CCC(C(C)C)C(NC(C)c2ccc(Br)s2)C1. The summed E-state index contributed by atoms with van der Waals surface area (Å²) >= 11 is 5.41. The van der Waals surface area contributed by atoms with Crippen molar-refractivity contribution in [2.45, 2.75) is 59.0 Å². The van der Waals surface area contributed by atoms with Gasteiger partial charge in [0.2, 0.25) is 0 Å². The Balaban J connectivity index is 2.02. The van der Waals surface area contributed by atoms with Gasteiger partial charge in [-0.1, -0.05) is 27.2 Å². The molecule has 1 heterocycles. The second-order valence-corrected chi connectivity index (χ2v) is 8.96. The molecule has 3 heteroatoms. The van der Waals surface area contributed by atoms with Gasteiger partial charge in [-0.05, 0) is 65.6 Å². The van der Waals surface area contributed by atoms with Gasteiger partial charge in [0.15, 0.2) is 0 Å². The number of halogens is 1. The van der Waals surface area contributed by atoms with E-state index in [1.165, 1.54) is 27.9 Å². The van der Waals surface area contributed by atoms with Crippen molar-refractivity contribution in [3.05, 3.63) is 20.8 Å². The molecule has 0 bridgehead atoms. The third-order valence-electron chi connectivity index (χ3n) is 4.51. The van der Waals surface area contributed by atoms with E-state index in [-0.39, 0.29) is 0 Å². The summed E-state index contributed by atoms with van der Waals surface area (Å²) in [6.07, 6.45) is 4.12. The summed E-state index contributed by atoms with van der Waals surface area (Å²) in [6, 6.07) is 5.54. The third kappa shape index (κ3) is 4.05. The summed E-state index contributed by atoms with van der Waals surface area (Å²) < 4.78 is 1.23. The number of hydrogen-bond donors (Lipinski definition) is 1. The molecule has 1 aromatic rings. The highest BCUT2D eigenvalue weighted by Gasteiger charge is 2.31. The van der Waals surface area contributed by atoms with Crippen LogP contribution in [0.2, 0.25) is 0 Å². The monoisotopic (exact) mass is 343 g/mol. The minimum absolute atomic E-state index is 0.466. The first-order valence-electron chi connectivity index (χ1n) is 7.48. The summed E-state index contributed by atoms with van der Waals surface area (Å²) in [4.78, 5) is 1.44. The van der Waals surface area contributed by atoms with Crippen LogP contribution >= 0.6 is 27.3 Å². The van der Waals surface area contributed by atoms with Crippen LogP contribution in [0.4, 0.5) is 0 Å². The zero-order valence-corrected chi connectivity index (χ0v) is 14.9. The molecule has 4 atom stereocenters. The lowest BCUT2D eigenvalue weighted by Crippen LogP contribution is -2.43. The van der Waals surface area contributed by atoms with E-state index >= 15 is 0 Å². The maximum Gasteiger partial charge on any atom is 0.0701 e. The summed E-state index contributed by atoms with van der Waals surface area (Å²) in [7, 11) is 0. The molecule has 1 aliphatic rings. The van der Waals surface area contributed by atoms with E-state index in [0.717, 1.165) is 17.8 Å². The Hall–Kier alpha value is 0.140. The summed E-state index contributed by atoms with van der Waals surface area (Å²) in [5.74, 6) is 2.49. The van der Waals surface area contributed by atoms with Crippen LogP contribution in [0.25, 0.3) is 0 Å². The van der Waals surface area contributed by atoms with E-state index in [4.69, 9.17) is 0 Å². The fraction of sp³-hybridized carbons (Fsp3) is 0.750. The Bertz CT molecular complexity index is 401. The Labute approximate surface area is 130 Å². The molecule has 0 spiro atoms. The van der Waals surface area contributed by atoms with E-state index in [1.807, 2.05) is 11.3 Å². The van der Waals surface area contributed by atoms with Crippen molar-refractivity contribution in [2.75, 3.05) is 0 Å². The molecule has 1 fully saturated rings. The van der Waals surface area contributed by atoms with Gasteiger partial charge < -0.3 is 5.32 Å². The van der Waals surface area contributed by atoms with Gasteiger partial charge in [0.05, 0.1) is 3.79 Å². The second-order valence-electron chi connectivity index (χ2n) is 6.46.